The van der Waals surface area contributed by atoms with Crippen molar-refractivity contribution in [2.75, 3.05) is 6.61 Å². The number of non-ortho nitro benzene ring substituents is 1. The summed E-state index contributed by atoms with van der Waals surface area (Å²) in [5.41, 5.74) is -0.216. The van der Waals surface area contributed by atoms with E-state index in [-0.39, 0.29) is 36.0 Å². The first-order chi connectivity index (χ1) is 19.4. The second kappa shape index (κ2) is 11.8. The molecule has 0 atom stereocenters. The lowest BCUT2D eigenvalue weighted by Gasteiger charge is -2.21. The van der Waals surface area contributed by atoms with E-state index < -0.39 is 26.5 Å². The highest BCUT2D eigenvalue weighted by Gasteiger charge is 2.25. The number of nitro benzene ring substituents is 2. The summed E-state index contributed by atoms with van der Waals surface area (Å²) in [6, 6.07) is 13.7. The average Bonchev–Trinajstić information content (AvgIpc) is 2.91. The predicted molar refractivity (Wildman–Crippen MR) is 157 cm³/mol. The van der Waals surface area contributed by atoms with Gasteiger partial charge in [-0.2, -0.15) is 9.78 Å². The smallest absolute Gasteiger partial charge is 0.315 e. The van der Waals surface area contributed by atoms with Crippen LogP contribution in [0.1, 0.15) is 44.6 Å². The summed E-state index contributed by atoms with van der Waals surface area (Å²) in [6.45, 7) is 7.43. The summed E-state index contributed by atoms with van der Waals surface area (Å²) in [5, 5.41) is 27.9. The number of aromatic nitrogens is 2. The van der Waals surface area contributed by atoms with Crippen molar-refractivity contribution >= 4 is 44.4 Å². The molecule has 0 aliphatic carbocycles. The summed E-state index contributed by atoms with van der Waals surface area (Å²) in [7, 11) is 0. The zero-order valence-electron chi connectivity index (χ0n) is 22.7. The van der Waals surface area contributed by atoms with Crippen LogP contribution < -0.4 is 15.0 Å². The molecule has 0 aliphatic rings. The Bertz CT molecular complexity index is 1740. The maximum absolute atomic E-state index is 13.4. The van der Waals surface area contributed by atoms with Gasteiger partial charge in [0.15, 0.2) is 5.75 Å². The first-order valence-corrected chi connectivity index (χ1v) is 13.3. The fourth-order valence-electron chi connectivity index (χ4n) is 4.01. The Labute approximate surface area is 242 Å². The first-order valence-electron chi connectivity index (χ1n) is 12.5. The van der Waals surface area contributed by atoms with Crippen molar-refractivity contribution in [1.29, 1.82) is 0 Å². The Balaban J connectivity index is 1.78. The third-order valence-corrected chi connectivity index (χ3v) is 6.35. The van der Waals surface area contributed by atoms with Gasteiger partial charge in [-0.15, -0.1) is 0 Å². The van der Waals surface area contributed by atoms with Crippen LogP contribution in [-0.4, -0.2) is 32.3 Å². The van der Waals surface area contributed by atoms with E-state index in [1.54, 1.807) is 31.2 Å². The maximum atomic E-state index is 13.4. The Morgan fingerprint density at radius 1 is 1.05 bits per heavy atom. The van der Waals surface area contributed by atoms with Gasteiger partial charge in [0.2, 0.25) is 5.75 Å². The van der Waals surface area contributed by atoms with E-state index in [1.807, 2.05) is 20.8 Å². The number of nitro groups is 2. The molecular weight excluding hydrogens is 598 g/mol. The fourth-order valence-corrected chi connectivity index (χ4v) is 4.37. The maximum Gasteiger partial charge on any atom is 0.315 e. The molecule has 41 heavy (non-hydrogen) atoms. The van der Waals surface area contributed by atoms with Crippen molar-refractivity contribution in [2.45, 2.75) is 39.7 Å². The summed E-state index contributed by atoms with van der Waals surface area (Å²) in [5.74, 6) is 0.354. The Morgan fingerprint density at radius 3 is 2.46 bits per heavy atom. The van der Waals surface area contributed by atoms with Crippen molar-refractivity contribution in [2.24, 2.45) is 5.10 Å². The summed E-state index contributed by atoms with van der Waals surface area (Å²) < 4.78 is 13.3. The average molecular weight is 624 g/mol. The van der Waals surface area contributed by atoms with Gasteiger partial charge < -0.3 is 9.47 Å². The van der Waals surface area contributed by atoms with Crippen LogP contribution in [0.3, 0.4) is 0 Å². The summed E-state index contributed by atoms with van der Waals surface area (Å²) >= 11 is 3.38. The second-order valence-corrected chi connectivity index (χ2v) is 10.9. The number of benzene rings is 3. The quantitative estimate of drug-likeness (QED) is 0.122. The molecule has 0 aliphatic heterocycles. The van der Waals surface area contributed by atoms with Crippen LogP contribution in [0.5, 0.6) is 11.5 Å². The van der Waals surface area contributed by atoms with Crippen LogP contribution in [0.15, 0.2) is 69.0 Å². The molecular formula is C28H26BrN5O7. The number of halogens is 1. The van der Waals surface area contributed by atoms with Gasteiger partial charge >= 0.3 is 5.69 Å². The van der Waals surface area contributed by atoms with Crippen molar-refractivity contribution in [1.82, 2.24) is 9.66 Å². The lowest BCUT2D eigenvalue weighted by atomic mass is 9.95. The van der Waals surface area contributed by atoms with E-state index in [0.29, 0.717) is 26.8 Å². The van der Waals surface area contributed by atoms with Crippen LogP contribution in [0.25, 0.3) is 10.9 Å². The van der Waals surface area contributed by atoms with E-state index in [1.165, 1.54) is 41.2 Å². The standard InChI is InChI=1S/C28H26BrN5O7/c1-5-40-24-13-18(12-23(34(38)39)25(24)41-16-17-7-6-8-20(11-17)33(36)37)15-30-32-26(35)21-14-19(29)9-10-22(21)31-27(32)28(2,3)4/h6-15H,5,16H2,1-4H3. The van der Waals surface area contributed by atoms with Crippen LogP contribution >= 0.6 is 15.9 Å². The summed E-state index contributed by atoms with van der Waals surface area (Å²) in [4.78, 5) is 40.1. The largest absolute Gasteiger partial charge is 0.490 e. The number of ether oxygens (including phenoxy) is 2. The van der Waals surface area contributed by atoms with Crippen molar-refractivity contribution in [3.8, 4) is 11.5 Å². The molecule has 13 heteroatoms. The van der Waals surface area contributed by atoms with Crippen LogP contribution in [-0.2, 0) is 12.0 Å². The molecule has 4 rings (SSSR count). The summed E-state index contributed by atoms with van der Waals surface area (Å²) in [6.07, 6.45) is 1.32. The highest BCUT2D eigenvalue weighted by Crippen LogP contribution is 2.39. The molecule has 3 aromatic carbocycles. The van der Waals surface area contributed by atoms with E-state index in [2.05, 4.69) is 26.0 Å². The zero-order chi connectivity index (χ0) is 29.9. The molecule has 1 aromatic heterocycles. The Kier molecular flexibility index (Phi) is 8.47. The lowest BCUT2D eigenvalue weighted by molar-refractivity contribution is -0.386. The predicted octanol–water partition coefficient (Wildman–Crippen LogP) is 6.13. The van der Waals surface area contributed by atoms with Crippen molar-refractivity contribution in [3.63, 3.8) is 0 Å². The number of hydrogen-bond donors (Lipinski definition) is 0. The van der Waals surface area contributed by atoms with Crippen molar-refractivity contribution in [3.05, 3.63) is 107 Å². The van der Waals surface area contributed by atoms with Gasteiger partial charge in [0, 0.05) is 33.7 Å². The molecule has 0 fully saturated rings. The zero-order valence-corrected chi connectivity index (χ0v) is 24.2. The third kappa shape index (κ3) is 6.57. The monoisotopic (exact) mass is 623 g/mol. The van der Waals surface area contributed by atoms with Crippen LogP contribution in [0.4, 0.5) is 11.4 Å². The molecule has 0 amide bonds. The van der Waals surface area contributed by atoms with E-state index in [0.717, 1.165) is 0 Å². The molecule has 0 saturated heterocycles. The minimum absolute atomic E-state index is 0.0811. The topological polar surface area (TPSA) is 152 Å². The molecule has 0 bridgehead atoms. The minimum Gasteiger partial charge on any atom is -0.490 e. The SMILES string of the molecule is CCOc1cc(C=Nn2c(C(C)(C)C)nc3ccc(Br)cc3c2=O)cc([N+](=O)[O-])c1OCc1cccc([N+](=O)[O-])c1. The van der Waals surface area contributed by atoms with E-state index in [9.17, 15) is 25.0 Å². The number of rotatable bonds is 9. The lowest BCUT2D eigenvalue weighted by Crippen LogP contribution is -2.29. The molecule has 0 N–H and O–H groups in total. The number of nitrogens with zero attached hydrogens (tertiary/aromatic N) is 5. The first kappa shape index (κ1) is 29.3. The van der Waals surface area contributed by atoms with Gasteiger partial charge in [0.05, 0.1) is 33.6 Å². The normalized spacial score (nSPS) is 11.6. The Hall–Kier alpha value is -4.65. The highest BCUT2D eigenvalue weighted by atomic mass is 79.9. The van der Waals surface area contributed by atoms with Gasteiger partial charge in [0.1, 0.15) is 12.4 Å². The molecule has 4 aromatic rings. The van der Waals surface area contributed by atoms with E-state index >= 15 is 0 Å². The molecule has 0 saturated carbocycles. The van der Waals surface area contributed by atoms with Crippen LogP contribution in [0.2, 0.25) is 0 Å². The highest BCUT2D eigenvalue weighted by molar-refractivity contribution is 9.10. The van der Waals surface area contributed by atoms with Gasteiger partial charge in [-0.3, -0.25) is 25.0 Å². The molecule has 0 spiro atoms. The number of fused-ring (bicyclic) bond motifs is 1. The molecule has 212 valence electrons. The van der Waals surface area contributed by atoms with E-state index in [4.69, 9.17) is 9.47 Å². The van der Waals surface area contributed by atoms with Gasteiger partial charge in [-0.25, -0.2) is 4.98 Å². The fraction of sp³-hybridized carbons (Fsp3) is 0.250. The number of hydrogen-bond acceptors (Lipinski definition) is 9. The van der Waals surface area contributed by atoms with Crippen molar-refractivity contribution < 1.29 is 19.3 Å². The Morgan fingerprint density at radius 2 is 1.80 bits per heavy atom. The minimum atomic E-state index is -0.621. The molecule has 12 nitrogen and oxygen atoms in total. The second-order valence-electron chi connectivity index (χ2n) is 9.98. The van der Waals surface area contributed by atoms with Gasteiger partial charge in [0.25, 0.3) is 11.2 Å². The van der Waals surface area contributed by atoms with Gasteiger partial charge in [-0.1, -0.05) is 48.8 Å². The molecule has 0 unspecified atom stereocenters. The third-order valence-electron chi connectivity index (χ3n) is 5.86. The molecule has 1 heterocycles. The van der Waals surface area contributed by atoms with Crippen LogP contribution in [0, 0.1) is 20.2 Å². The molecule has 0 radical (unpaired) electrons. The van der Waals surface area contributed by atoms with Gasteiger partial charge in [-0.05, 0) is 36.8 Å².